The molecule has 1 aromatic heterocycles. The second kappa shape index (κ2) is 15.4. The first-order valence-electron chi connectivity index (χ1n) is 14.7. The highest BCUT2D eigenvalue weighted by Gasteiger charge is 2.23. The summed E-state index contributed by atoms with van der Waals surface area (Å²) in [7, 11) is 1.71. The van der Waals surface area contributed by atoms with Crippen LogP contribution in [0.2, 0.25) is 0 Å². The van der Waals surface area contributed by atoms with Gasteiger partial charge in [0.1, 0.15) is 5.01 Å². The maximum atomic E-state index is 13.4. The van der Waals surface area contributed by atoms with Crippen LogP contribution in [-0.2, 0) is 19.5 Å². The van der Waals surface area contributed by atoms with Crippen LogP contribution in [0.25, 0.3) is 0 Å². The Kier molecular flexibility index (Phi) is 11.4. The predicted octanol–water partition coefficient (Wildman–Crippen LogP) is 5.21. The lowest BCUT2D eigenvalue weighted by Gasteiger charge is -2.25. The number of carbonyl (C=O) groups excluding carboxylic acids is 2. The Morgan fingerprint density at radius 2 is 1.77 bits per heavy atom. The van der Waals surface area contributed by atoms with Gasteiger partial charge < -0.3 is 20.6 Å². The molecule has 0 spiro atoms. The molecule has 3 N–H and O–H groups in total. The molecule has 2 amide bonds. The lowest BCUT2D eigenvalue weighted by Crippen LogP contribution is -2.48. The number of hydrogen-bond acceptors (Lipinski definition) is 7. The van der Waals surface area contributed by atoms with E-state index in [2.05, 4.69) is 41.6 Å². The van der Waals surface area contributed by atoms with Crippen molar-refractivity contribution in [1.29, 1.82) is 5.26 Å². The van der Waals surface area contributed by atoms with Crippen molar-refractivity contribution >= 4 is 23.2 Å². The Hall–Kier alpha value is -4.36. The maximum absolute atomic E-state index is 13.4. The van der Waals surface area contributed by atoms with Gasteiger partial charge in [-0.3, -0.25) is 9.59 Å². The molecule has 0 fully saturated rings. The summed E-state index contributed by atoms with van der Waals surface area (Å²) >= 11 is 1.51. The first kappa shape index (κ1) is 32.6. The van der Waals surface area contributed by atoms with Gasteiger partial charge in [0.05, 0.1) is 30.3 Å². The summed E-state index contributed by atoms with van der Waals surface area (Å²) in [6, 6.07) is 23.7. The highest BCUT2D eigenvalue weighted by molar-refractivity contribution is 7.09. The number of aliphatic hydroxyl groups is 1. The number of nitrogens with zero attached hydrogens (tertiary/aromatic N) is 3. The van der Waals surface area contributed by atoms with Gasteiger partial charge in [0, 0.05) is 42.3 Å². The van der Waals surface area contributed by atoms with E-state index in [-0.39, 0.29) is 24.3 Å². The van der Waals surface area contributed by atoms with E-state index in [0.717, 1.165) is 27.4 Å². The van der Waals surface area contributed by atoms with Crippen molar-refractivity contribution in [3.8, 4) is 6.07 Å². The van der Waals surface area contributed by atoms with Crippen LogP contribution in [0.5, 0.6) is 0 Å². The Morgan fingerprint density at radius 3 is 2.45 bits per heavy atom. The SMILES string of the molecule is Cc1csc(CN(C)C(=O)c2cccc(C(=O)N[C@@H](Cc3ccccc3)[C@H](O)CNCc3cc(C#N)cc(C(C)C)c3)c2)n1. The van der Waals surface area contributed by atoms with Crippen LogP contribution < -0.4 is 10.6 Å². The fourth-order valence-corrected chi connectivity index (χ4v) is 5.72. The van der Waals surface area contributed by atoms with Gasteiger partial charge in [-0.15, -0.1) is 11.3 Å². The van der Waals surface area contributed by atoms with Crippen LogP contribution >= 0.6 is 11.3 Å². The minimum absolute atomic E-state index is 0.210. The largest absolute Gasteiger partial charge is 0.390 e. The van der Waals surface area contributed by atoms with Gasteiger partial charge in [-0.05, 0) is 66.3 Å². The molecule has 1 heterocycles. The number of rotatable bonds is 13. The van der Waals surface area contributed by atoms with E-state index in [9.17, 15) is 20.0 Å². The Bertz CT molecular complexity index is 1610. The number of thiazole rings is 1. The highest BCUT2D eigenvalue weighted by atomic mass is 32.1. The van der Waals surface area contributed by atoms with Gasteiger partial charge in [-0.25, -0.2) is 4.98 Å². The second-order valence-electron chi connectivity index (χ2n) is 11.3. The van der Waals surface area contributed by atoms with E-state index in [1.807, 2.05) is 54.8 Å². The maximum Gasteiger partial charge on any atom is 0.253 e. The van der Waals surface area contributed by atoms with E-state index in [1.165, 1.54) is 11.3 Å². The standard InChI is InChI=1S/C35H39N5O3S/c1-23(2)30-14-26(18-36)13-27(15-30)19-37-20-32(41)31(16-25-9-6-5-7-10-25)39-34(42)28-11-8-12-29(17-28)35(43)40(4)21-33-38-24(3)22-44-33/h5-15,17,22-23,31-32,37,41H,16,19-21H2,1-4H3,(H,39,42)/t31-,32+/m0/s1. The number of benzene rings is 3. The van der Waals surface area contributed by atoms with Gasteiger partial charge in [0.25, 0.3) is 11.8 Å². The number of aliphatic hydroxyl groups excluding tert-OH is 1. The quantitative estimate of drug-likeness (QED) is 0.192. The average Bonchev–Trinajstić information content (AvgIpc) is 3.44. The molecule has 0 aliphatic rings. The van der Waals surface area contributed by atoms with Crippen molar-refractivity contribution in [1.82, 2.24) is 20.5 Å². The molecule has 0 bridgehead atoms. The predicted molar refractivity (Wildman–Crippen MR) is 173 cm³/mol. The smallest absolute Gasteiger partial charge is 0.253 e. The molecular weight excluding hydrogens is 570 g/mol. The number of nitrogens with one attached hydrogen (secondary N) is 2. The summed E-state index contributed by atoms with van der Waals surface area (Å²) in [5.41, 5.74) is 5.27. The summed E-state index contributed by atoms with van der Waals surface area (Å²) < 4.78 is 0. The zero-order valence-corrected chi connectivity index (χ0v) is 26.4. The molecule has 44 heavy (non-hydrogen) atoms. The lowest BCUT2D eigenvalue weighted by molar-refractivity contribution is 0.0784. The molecule has 0 saturated heterocycles. The molecule has 0 saturated carbocycles. The van der Waals surface area contributed by atoms with Gasteiger partial charge in [-0.1, -0.05) is 56.3 Å². The first-order valence-corrected chi connectivity index (χ1v) is 15.5. The van der Waals surface area contributed by atoms with Crippen molar-refractivity contribution in [2.75, 3.05) is 13.6 Å². The normalized spacial score (nSPS) is 12.4. The van der Waals surface area contributed by atoms with Gasteiger partial charge in [0.2, 0.25) is 0 Å². The minimum Gasteiger partial charge on any atom is -0.390 e. The molecule has 3 aromatic carbocycles. The zero-order valence-electron chi connectivity index (χ0n) is 25.6. The second-order valence-corrected chi connectivity index (χ2v) is 12.3. The average molecular weight is 610 g/mol. The third kappa shape index (κ3) is 9.07. The number of amides is 2. The molecule has 0 aliphatic carbocycles. The van der Waals surface area contributed by atoms with Crippen LogP contribution in [0.1, 0.15) is 73.4 Å². The first-order chi connectivity index (χ1) is 21.1. The van der Waals surface area contributed by atoms with Crippen molar-refractivity contribution in [2.45, 2.75) is 58.3 Å². The summed E-state index contributed by atoms with van der Waals surface area (Å²) in [6.45, 7) is 7.16. The number of aromatic nitrogens is 1. The third-order valence-corrected chi connectivity index (χ3v) is 8.28. The van der Waals surface area contributed by atoms with Gasteiger partial charge in [-0.2, -0.15) is 5.26 Å². The number of carbonyl (C=O) groups is 2. The van der Waals surface area contributed by atoms with Crippen LogP contribution in [0.15, 0.2) is 78.2 Å². The van der Waals surface area contributed by atoms with E-state index < -0.39 is 12.1 Å². The summed E-state index contributed by atoms with van der Waals surface area (Å²) in [4.78, 5) is 32.6. The number of hydrogen-bond donors (Lipinski definition) is 3. The van der Waals surface area contributed by atoms with Crippen molar-refractivity contribution in [2.24, 2.45) is 0 Å². The lowest BCUT2D eigenvalue weighted by atomic mass is 9.98. The number of aryl methyl sites for hydroxylation is 1. The Morgan fingerprint density at radius 1 is 1.02 bits per heavy atom. The van der Waals surface area contributed by atoms with Crippen molar-refractivity contribution < 1.29 is 14.7 Å². The van der Waals surface area contributed by atoms with Crippen molar-refractivity contribution in [3.05, 3.63) is 122 Å². The van der Waals surface area contributed by atoms with E-state index in [0.29, 0.717) is 36.2 Å². The van der Waals surface area contributed by atoms with Crippen LogP contribution in [0.3, 0.4) is 0 Å². The van der Waals surface area contributed by atoms with E-state index in [4.69, 9.17) is 0 Å². The Balaban J connectivity index is 1.44. The third-order valence-electron chi connectivity index (χ3n) is 7.33. The topological polar surface area (TPSA) is 118 Å². The Labute approximate surface area is 263 Å². The minimum atomic E-state index is -0.902. The van der Waals surface area contributed by atoms with Gasteiger partial charge in [0.15, 0.2) is 0 Å². The van der Waals surface area contributed by atoms with Gasteiger partial charge >= 0.3 is 0 Å². The molecule has 0 aliphatic heterocycles. The zero-order chi connectivity index (χ0) is 31.6. The molecular formula is C35H39N5O3S. The molecule has 9 heteroatoms. The fraction of sp³-hybridized carbons (Fsp3) is 0.314. The molecule has 0 unspecified atom stereocenters. The van der Waals surface area contributed by atoms with Crippen LogP contribution in [0, 0.1) is 18.3 Å². The number of nitriles is 1. The van der Waals surface area contributed by atoms with Crippen molar-refractivity contribution in [3.63, 3.8) is 0 Å². The molecule has 8 nitrogen and oxygen atoms in total. The fourth-order valence-electron chi connectivity index (χ4n) is 4.89. The summed E-state index contributed by atoms with van der Waals surface area (Å²) in [5, 5.41) is 29.8. The summed E-state index contributed by atoms with van der Waals surface area (Å²) in [5.74, 6) is -0.297. The molecule has 4 rings (SSSR count). The molecule has 0 radical (unpaired) electrons. The highest BCUT2D eigenvalue weighted by Crippen LogP contribution is 2.19. The monoisotopic (exact) mass is 609 g/mol. The molecule has 4 aromatic rings. The summed E-state index contributed by atoms with van der Waals surface area (Å²) in [6.07, 6.45) is -0.480. The molecule has 2 atom stereocenters. The van der Waals surface area contributed by atoms with E-state index in [1.54, 1.807) is 36.2 Å². The van der Waals surface area contributed by atoms with Crippen LogP contribution in [-0.4, -0.2) is 52.5 Å². The van der Waals surface area contributed by atoms with Crippen LogP contribution in [0.4, 0.5) is 0 Å². The van der Waals surface area contributed by atoms with E-state index >= 15 is 0 Å². The molecule has 228 valence electrons.